The molecule has 0 aliphatic carbocycles. The molecule has 102 valence electrons. The molecule has 2 aromatic heterocycles. The number of hydrogen-bond acceptors (Lipinski definition) is 5. The fourth-order valence-electron chi connectivity index (χ4n) is 1.76. The van der Waals surface area contributed by atoms with Crippen molar-refractivity contribution in [1.82, 2.24) is 9.88 Å². The highest BCUT2D eigenvalue weighted by molar-refractivity contribution is 7.15. The van der Waals surface area contributed by atoms with Gasteiger partial charge >= 0.3 is 0 Å². The zero-order chi connectivity index (χ0) is 14.0. The van der Waals surface area contributed by atoms with Crippen molar-refractivity contribution in [3.05, 3.63) is 29.0 Å². The van der Waals surface area contributed by atoms with Gasteiger partial charge in [-0.15, -0.1) is 11.3 Å². The van der Waals surface area contributed by atoms with Gasteiger partial charge in [0.1, 0.15) is 5.69 Å². The summed E-state index contributed by atoms with van der Waals surface area (Å²) < 4.78 is 5.28. The molecule has 1 atom stereocenters. The highest BCUT2D eigenvalue weighted by Crippen LogP contribution is 2.28. The van der Waals surface area contributed by atoms with Crippen molar-refractivity contribution in [3.63, 3.8) is 0 Å². The minimum Gasteiger partial charge on any atom is -0.462 e. The minimum atomic E-state index is -0.558. The maximum absolute atomic E-state index is 12.2. The third-order valence-corrected chi connectivity index (χ3v) is 3.60. The van der Waals surface area contributed by atoms with E-state index in [1.54, 1.807) is 26.3 Å². The minimum absolute atomic E-state index is 0.188. The second-order valence-corrected chi connectivity index (χ2v) is 5.64. The lowest BCUT2D eigenvalue weighted by Gasteiger charge is -2.17. The van der Waals surface area contributed by atoms with Crippen LogP contribution in [0.25, 0.3) is 10.8 Å². The van der Waals surface area contributed by atoms with E-state index >= 15 is 0 Å². The van der Waals surface area contributed by atoms with Gasteiger partial charge in [0.25, 0.3) is 5.91 Å². The second-order valence-electron chi connectivity index (χ2n) is 4.44. The van der Waals surface area contributed by atoms with Crippen molar-refractivity contribution in [2.24, 2.45) is 0 Å². The Bertz CT molecular complexity index is 560. The molecule has 0 radical (unpaired) electrons. The van der Waals surface area contributed by atoms with Gasteiger partial charge in [0.15, 0.2) is 10.8 Å². The average molecular weight is 280 g/mol. The van der Waals surface area contributed by atoms with Gasteiger partial charge in [0, 0.05) is 18.5 Å². The molecule has 2 rings (SSSR count). The van der Waals surface area contributed by atoms with Crippen LogP contribution in [0.3, 0.4) is 0 Å². The molecule has 1 N–H and O–H groups in total. The average Bonchev–Trinajstić information content (AvgIpc) is 2.95. The molecule has 6 heteroatoms. The summed E-state index contributed by atoms with van der Waals surface area (Å²) in [5.41, 5.74) is 0.416. The van der Waals surface area contributed by atoms with E-state index in [2.05, 4.69) is 4.98 Å². The van der Waals surface area contributed by atoms with Crippen LogP contribution in [0.2, 0.25) is 0 Å². The highest BCUT2D eigenvalue weighted by Gasteiger charge is 2.21. The van der Waals surface area contributed by atoms with Crippen LogP contribution in [-0.4, -0.2) is 40.6 Å². The monoisotopic (exact) mass is 280 g/mol. The first kappa shape index (κ1) is 13.8. The van der Waals surface area contributed by atoms with Crippen LogP contribution in [0.5, 0.6) is 0 Å². The van der Waals surface area contributed by atoms with Crippen LogP contribution in [0.15, 0.2) is 22.8 Å². The number of thiazole rings is 1. The summed E-state index contributed by atoms with van der Waals surface area (Å²) in [5.74, 6) is 0.470. The zero-order valence-corrected chi connectivity index (χ0v) is 11.9. The highest BCUT2D eigenvalue weighted by atomic mass is 32.1. The number of rotatable bonds is 4. The van der Waals surface area contributed by atoms with Crippen molar-refractivity contribution >= 4 is 17.2 Å². The molecule has 0 unspecified atom stereocenters. The fourth-order valence-corrected chi connectivity index (χ4v) is 2.63. The summed E-state index contributed by atoms with van der Waals surface area (Å²) in [6.45, 7) is 3.78. The van der Waals surface area contributed by atoms with Crippen molar-refractivity contribution in [2.45, 2.75) is 20.0 Å². The second kappa shape index (κ2) is 5.54. The molecule has 2 aromatic rings. The van der Waals surface area contributed by atoms with Crippen molar-refractivity contribution in [2.75, 3.05) is 13.6 Å². The Morgan fingerprint density at radius 1 is 1.63 bits per heavy atom. The molecule has 0 aliphatic rings. The van der Waals surface area contributed by atoms with Gasteiger partial charge in [-0.05, 0) is 26.0 Å². The number of hydrogen-bond donors (Lipinski definition) is 1. The maximum Gasteiger partial charge on any atom is 0.273 e. The van der Waals surface area contributed by atoms with E-state index in [4.69, 9.17) is 4.42 Å². The molecule has 0 fully saturated rings. The zero-order valence-electron chi connectivity index (χ0n) is 11.1. The Balaban J connectivity index is 2.23. The molecule has 1 amide bonds. The lowest BCUT2D eigenvalue weighted by molar-refractivity contribution is 0.0698. The number of nitrogens with zero attached hydrogens (tertiary/aromatic N) is 2. The summed E-state index contributed by atoms with van der Waals surface area (Å²) in [7, 11) is 1.65. The van der Waals surface area contributed by atoms with E-state index in [0.717, 1.165) is 4.88 Å². The van der Waals surface area contributed by atoms with Gasteiger partial charge in [-0.3, -0.25) is 4.79 Å². The Hall–Kier alpha value is -1.66. The number of likely N-dealkylation sites (N-methyl/N-ethyl adjacent to an activating group) is 1. The number of carbonyl (C=O) groups is 1. The molecule has 0 spiro atoms. The van der Waals surface area contributed by atoms with Gasteiger partial charge in [0.05, 0.1) is 12.4 Å². The van der Waals surface area contributed by atoms with E-state index in [-0.39, 0.29) is 12.5 Å². The van der Waals surface area contributed by atoms with E-state index in [9.17, 15) is 9.90 Å². The summed E-state index contributed by atoms with van der Waals surface area (Å²) in [6, 6.07) is 3.60. The van der Waals surface area contributed by atoms with Crippen molar-refractivity contribution in [3.8, 4) is 10.8 Å². The van der Waals surface area contributed by atoms with Gasteiger partial charge in [-0.25, -0.2) is 4.98 Å². The number of carbonyl (C=O) groups excluding carboxylic acids is 1. The normalized spacial score (nSPS) is 12.4. The molecular formula is C13H16N2O3S. The number of furan rings is 1. The number of aliphatic hydroxyl groups excluding tert-OH is 1. The summed E-state index contributed by atoms with van der Waals surface area (Å²) in [6.07, 6.45) is 1.02. The lowest BCUT2D eigenvalue weighted by Crippen LogP contribution is -2.33. The molecule has 0 saturated carbocycles. The van der Waals surface area contributed by atoms with Gasteiger partial charge in [-0.2, -0.15) is 0 Å². The molecule has 5 nitrogen and oxygen atoms in total. The summed E-state index contributed by atoms with van der Waals surface area (Å²) in [4.78, 5) is 18.9. The molecule has 0 aliphatic heterocycles. The fraction of sp³-hybridized carbons (Fsp3) is 0.385. The molecular weight excluding hydrogens is 264 g/mol. The Kier molecular flexibility index (Phi) is 4.01. The van der Waals surface area contributed by atoms with E-state index in [0.29, 0.717) is 16.5 Å². The molecule has 0 bridgehead atoms. The number of amides is 1. The van der Waals surface area contributed by atoms with Crippen LogP contribution in [0.4, 0.5) is 0 Å². The van der Waals surface area contributed by atoms with Gasteiger partial charge in [-0.1, -0.05) is 0 Å². The maximum atomic E-state index is 12.2. The Morgan fingerprint density at radius 2 is 2.37 bits per heavy atom. The first-order chi connectivity index (χ1) is 8.99. The number of aliphatic hydroxyl groups is 1. The van der Waals surface area contributed by atoms with Gasteiger partial charge < -0.3 is 14.4 Å². The summed E-state index contributed by atoms with van der Waals surface area (Å²) >= 11 is 1.42. The molecule has 0 aromatic carbocycles. The molecule has 19 heavy (non-hydrogen) atoms. The number of aryl methyl sites for hydroxylation is 1. The van der Waals surface area contributed by atoms with Crippen LogP contribution in [0, 0.1) is 6.92 Å². The predicted molar refractivity (Wildman–Crippen MR) is 73.2 cm³/mol. The Morgan fingerprint density at radius 3 is 2.95 bits per heavy atom. The van der Waals surface area contributed by atoms with Crippen LogP contribution in [0.1, 0.15) is 22.3 Å². The first-order valence-electron chi connectivity index (χ1n) is 5.94. The Labute approximate surface area is 115 Å². The van der Waals surface area contributed by atoms with Crippen LogP contribution in [-0.2, 0) is 0 Å². The van der Waals surface area contributed by atoms with Crippen LogP contribution < -0.4 is 0 Å². The van der Waals surface area contributed by atoms with Crippen molar-refractivity contribution in [1.29, 1.82) is 0 Å². The standard InChI is InChI=1S/C13H16N2O3S/c1-8(16)7-15(3)13(17)11-9(2)19-12(14-11)10-5-4-6-18-10/h4-6,8,16H,7H2,1-3H3/t8-/m0/s1. The third-order valence-electron chi connectivity index (χ3n) is 2.62. The number of aromatic nitrogens is 1. The van der Waals surface area contributed by atoms with Crippen LogP contribution >= 0.6 is 11.3 Å². The van der Waals surface area contributed by atoms with Crippen molar-refractivity contribution < 1.29 is 14.3 Å². The lowest BCUT2D eigenvalue weighted by atomic mass is 10.3. The summed E-state index contributed by atoms with van der Waals surface area (Å²) in [5, 5.41) is 10.0. The van der Waals surface area contributed by atoms with Gasteiger partial charge in [0.2, 0.25) is 0 Å². The van der Waals surface area contributed by atoms with E-state index in [1.807, 2.05) is 13.0 Å². The SMILES string of the molecule is Cc1sc(-c2ccco2)nc1C(=O)N(C)C[C@H](C)O. The smallest absolute Gasteiger partial charge is 0.273 e. The quantitative estimate of drug-likeness (QED) is 0.932. The predicted octanol–water partition coefficient (Wildman–Crippen LogP) is 2.16. The molecule has 0 saturated heterocycles. The van der Waals surface area contributed by atoms with E-state index < -0.39 is 6.10 Å². The van der Waals surface area contributed by atoms with E-state index in [1.165, 1.54) is 16.2 Å². The molecule has 2 heterocycles. The first-order valence-corrected chi connectivity index (χ1v) is 6.75. The topological polar surface area (TPSA) is 66.6 Å². The third kappa shape index (κ3) is 3.02. The largest absolute Gasteiger partial charge is 0.462 e.